The molecule has 1 saturated carbocycles. The summed E-state index contributed by atoms with van der Waals surface area (Å²) >= 11 is 0. The molecule has 0 unspecified atom stereocenters. The van der Waals surface area contributed by atoms with Gasteiger partial charge in [0.15, 0.2) is 5.75 Å². The summed E-state index contributed by atoms with van der Waals surface area (Å²) in [5.74, 6) is 0.0986. The van der Waals surface area contributed by atoms with Gasteiger partial charge in [-0.05, 0) is 37.0 Å². The quantitative estimate of drug-likeness (QED) is 0.467. The van der Waals surface area contributed by atoms with Gasteiger partial charge in [-0.3, -0.25) is 14.9 Å². The van der Waals surface area contributed by atoms with Crippen LogP contribution >= 0.6 is 0 Å². The van der Waals surface area contributed by atoms with Gasteiger partial charge in [-0.2, -0.15) is 0 Å². The number of hydrogen-bond acceptors (Lipinski definition) is 4. The molecule has 0 saturated heterocycles. The molecular weight excluding hydrogens is 308 g/mol. The Morgan fingerprint density at radius 2 is 2.12 bits per heavy atom. The minimum Gasteiger partial charge on any atom is -0.487 e. The molecule has 2 rings (SSSR count). The van der Waals surface area contributed by atoms with Gasteiger partial charge >= 0.3 is 5.69 Å². The summed E-state index contributed by atoms with van der Waals surface area (Å²) in [5.41, 5.74) is 0.516. The first-order valence-electron chi connectivity index (χ1n) is 8.50. The molecule has 1 aliphatic rings. The first kappa shape index (κ1) is 18.0. The highest BCUT2D eigenvalue weighted by atomic mass is 16.6. The van der Waals surface area contributed by atoms with E-state index in [1.165, 1.54) is 18.6 Å². The number of nitrogens with one attached hydrogen (secondary N) is 1. The van der Waals surface area contributed by atoms with E-state index in [2.05, 4.69) is 5.32 Å². The molecule has 1 aliphatic carbocycles. The van der Waals surface area contributed by atoms with Gasteiger partial charge in [0.05, 0.1) is 11.5 Å². The molecule has 1 aromatic rings. The van der Waals surface area contributed by atoms with Gasteiger partial charge in [-0.15, -0.1) is 0 Å². The Balaban J connectivity index is 2.01. The molecule has 24 heavy (non-hydrogen) atoms. The van der Waals surface area contributed by atoms with E-state index in [-0.39, 0.29) is 23.4 Å². The molecule has 0 heterocycles. The smallest absolute Gasteiger partial charge is 0.311 e. The van der Waals surface area contributed by atoms with Crippen molar-refractivity contribution < 1.29 is 14.5 Å². The molecule has 1 aromatic carbocycles. The van der Waals surface area contributed by atoms with Crippen LogP contribution in [0.15, 0.2) is 24.3 Å². The fraction of sp³-hybridized carbons (Fsp3) is 0.500. The van der Waals surface area contributed by atoms with Gasteiger partial charge < -0.3 is 10.1 Å². The molecule has 1 amide bonds. The number of nitro groups is 1. The molecule has 0 bridgehead atoms. The van der Waals surface area contributed by atoms with Gasteiger partial charge in [-0.1, -0.05) is 32.3 Å². The average molecular weight is 332 g/mol. The van der Waals surface area contributed by atoms with Crippen molar-refractivity contribution >= 4 is 17.7 Å². The van der Waals surface area contributed by atoms with E-state index >= 15 is 0 Å². The Hall–Kier alpha value is -2.37. The third kappa shape index (κ3) is 5.37. The number of nitrogens with zero attached hydrogens (tertiary/aromatic N) is 1. The summed E-state index contributed by atoms with van der Waals surface area (Å²) in [6.45, 7) is 2.37. The first-order chi connectivity index (χ1) is 11.6. The number of nitro benzene ring substituents is 1. The molecule has 0 spiro atoms. The van der Waals surface area contributed by atoms with Crippen LogP contribution in [0.2, 0.25) is 0 Å². The highest BCUT2D eigenvalue weighted by Crippen LogP contribution is 2.28. The van der Waals surface area contributed by atoms with Crippen LogP contribution in [0.3, 0.4) is 0 Å². The molecule has 130 valence electrons. The topological polar surface area (TPSA) is 81.5 Å². The average Bonchev–Trinajstić information content (AvgIpc) is 2.59. The van der Waals surface area contributed by atoms with Crippen molar-refractivity contribution in [1.29, 1.82) is 0 Å². The van der Waals surface area contributed by atoms with Gasteiger partial charge in [0.2, 0.25) is 5.91 Å². The van der Waals surface area contributed by atoms with E-state index < -0.39 is 4.92 Å². The van der Waals surface area contributed by atoms with Crippen LogP contribution in [0, 0.1) is 10.1 Å². The Morgan fingerprint density at radius 1 is 1.38 bits per heavy atom. The number of benzene rings is 1. The number of hydrogen-bond donors (Lipinski definition) is 1. The molecule has 0 radical (unpaired) electrons. The predicted molar refractivity (Wildman–Crippen MR) is 92.9 cm³/mol. The molecule has 6 heteroatoms. The standard InChI is InChI=1S/C18H24N2O4/c1-2-12-24-17-10-8-14(13-16(17)20(22)23)9-11-18(21)19-15-6-4-3-5-7-15/h8-11,13,15H,2-7,12H2,1H3,(H,19,21)/b11-9+. The van der Waals surface area contributed by atoms with Crippen LogP contribution in [0.5, 0.6) is 5.75 Å². The van der Waals surface area contributed by atoms with Crippen molar-refractivity contribution in [3.05, 3.63) is 40.0 Å². The summed E-state index contributed by atoms with van der Waals surface area (Å²) in [6, 6.07) is 4.96. The van der Waals surface area contributed by atoms with Crippen molar-refractivity contribution in [3.8, 4) is 5.75 Å². The molecule has 6 nitrogen and oxygen atoms in total. The predicted octanol–water partition coefficient (Wildman–Crippen LogP) is 3.85. The van der Waals surface area contributed by atoms with Gasteiger partial charge in [0.25, 0.3) is 0 Å². The zero-order chi connectivity index (χ0) is 17.4. The lowest BCUT2D eigenvalue weighted by atomic mass is 9.95. The Morgan fingerprint density at radius 3 is 2.79 bits per heavy atom. The number of amides is 1. The zero-order valence-electron chi connectivity index (χ0n) is 14.0. The lowest BCUT2D eigenvalue weighted by Crippen LogP contribution is -2.34. The summed E-state index contributed by atoms with van der Waals surface area (Å²) in [6.07, 6.45) is 9.39. The summed E-state index contributed by atoms with van der Waals surface area (Å²) < 4.78 is 5.38. The van der Waals surface area contributed by atoms with E-state index in [0.29, 0.717) is 12.2 Å². The van der Waals surface area contributed by atoms with Crippen LogP contribution in [0.1, 0.15) is 51.0 Å². The Kier molecular flexibility index (Phi) is 6.78. The second-order valence-electron chi connectivity index (χ2n) is 6.01. The molecular formula is C18H24N2O4. The number of ether oxygens (including phenoxy) is 1. The Bertz CT molecular complexity index is 607. The van der Waals surface area contributed by atoms with E-state index in [4.69, 9.17) is 4.74 Å². The Labute approximate surface area is 142 Å². The van der Waals surface area contributed by atoms with Crippen LogP contribution < -0.4 is 10.1 Å². The first-order valence-corrected chi connectivity index (χ1v) is 8.50. The van der Waals surface area contributed by atoms with E-state index in [0.717, 1.165) is 32.1 Å². The lowest BCUT2D eigenvalue weighted by Gasteiger charge is -2.21. The van der Waals surface area contributed by atoms with Gasteiger partial charge in [0, 0.05) is 18.2 Å². The van der Waals surface area contributed by atoms with Crippen molar-refractivity contribution in [2.45, 2.75) is 51.5 Å². The molecule has 1 fully saturated rings. The van der Waals surface area contributed by atoms with Crippen molar-refractivity contribution in [3.63, 3.8) is 0 Å². The molecule has 0 aliphatic heterocycles. The minimum absolute atomic E-state index is 0.0849. The third-order valence-electron chi connectivity index (χ3n) is 4.02. The number of rotatable bonds is 7. The molecule has 0 aromatic heterocycles. The second-order valence-corrected chi connectivity index (χ2v) is 6.01. The zero-order valence-corrected chi connectivity index (χ0v) is 14.0. The maximum atomic E-state index is 12.0. The SMILES string of the molecule is CCCOc1ccc(/C=C/C(=O)NC2CCCCC2)cc1[N+](=O)[O-]. The number of carbonyl (C=O) groups is 1. The second kappa shape index (κ2) is 9.05. The van der Waals surface area contributed by atoms with Crippen molar-refractivity contribution in [1.82, 2.24) is 5.32 Å². The largest absolute Gasteiger partial charge is 0.487 e. The molecule has 0 atom stereocenters. The summed E-state index contributed by atoms with van der Waals surface area (Å²) in [4.78, 5) is 22.6. The summed E-state index contributed by atoms with van der Waals surface area (Å²) in [7, 11) is 0. The fourth-order valence-electron chi connectivity index (χ4n) is 2.78. The third-order valence-corrected chi connectivity index (χ3v) is 4.02. The normalized spacial score (nSPS) is 15.4. The van der Waals surface area contributed by atoms with Gasteiger partial charge in [-0.25, -0.2) is 0 Å². The maximum absolute atomic E-state index is 12.0. The maximum Gasteiger partial charge on any atom is 0.311 e. The fourth-order valence-corrected chi connectivity index (χ4v) is 2.78. The van der Waals surface area contributed by atoms with Crippen molar-refractivity contribution in [2.24, 2.45) is 0 Å². The highest BCUT2D eigenvalue weighted by molar-refractivity contribution is 5.92. The van der Waals surface area contributed by atoms with Crippen LogP contribution in [-0.4, -0.2) is 23.5 Å². The van der Waals surface area contributed by atoms with Crippen LogP contribution in [0.25, 0.3) is 6.08 Å². The lowest BCUT2D eigenvalue weighted by molar-refractivity contribution is -0.385. The van der Waals surface area contributed by atoms with E-state index in [1.54, 1.807) is 18.2 Å². The minimum atomic E-state index is -0.468. The summed E-state index contributed by atoms with van der Waals surface area (Å²) in [5, 5.41) is 14.1. The van der Waals surface area contributed by atoms with Crippen LogP contribution in [0.4, 0.5) is 5.69 Å². The van der Waals surface area contributed by atoms with E-state index in [9.17, 15) is 14.9 Å². The highest BCUT2D eigenvalue weighted by Gasteiger charge is 2.16. The molecule has 1 N–H and O–H groups in total. The van der Waals surface area contributed by atoms with Crippen LogP contribution in [-0.2, 0) is 4.79 Å². The number of carbonyl (C=O) groups excluding carboxylic acids is 1. The van der Waals surface area contributed by atoms with Crippen molar-refractivity contribution in [2.75, 3.05) is 6.61 Å². The van der Waals surface area contributed by atoms with E-state index in [1.807, 2.05) is 6.92 Å². The van der Waals surface area contributed by atoms with Gasteiger partial charge in [0.1, 0.15) is 0 Å². The monoisotopic (exact) mass is 332 g/mol.